The van der Waals surface area contributed by atoms with Crippen LogP contribution in [0.3, 0.4) is 0 Å². The highest BCUT2D eigenvalue weighted by Gasteiger charge is 2.32. The molecular weight excluding hydrogens is 364 g/mol. The Bertz CT molecular complexity index is 881. The molecule has 2 aromatic rings. The molecule has 0 amide bonds. The maximum Gasteiger partial charge on any atom is 0.317 e. The maximum absolute atomic E-state index is 13.4. The molecule has 140 valence electrons. The number of rotatable bonds is 4. The zero-order chi connectivity index (χ0) is 18.9. The summed E-state index contributed by atoms with van der Waals surface area (Å²) in [5.74, 6) is -1.87. The molecule has 1 fully saturated rings. The van der Waals surface area contributed by atoms with Crippen molar-refractivity contribution in [1.29, 1.82) is 0 Å². The average Bonchev–Trinajstić information content (AvgIpc) is 2.53. The lowest BCUT2D eigenvalue weighted by Crippen LogP contribution is -2.44. The second-order valence-corrected chi connectivity index (χ2v) is 8.22. The van der Waals surface area contributed by atoms with Crippen LogP contribution in [-0.2, 0) is 10.0 Å². The lowest BCUT2D eigenvalue weighted by atomic mass is 10.1. The smallest absolute Gasteiger partial charge is 0.317 e. The van der Waals surface area contributed by atoms with E-state index in [-0.39, 0.29) is 19.1 Å². The second-order valence-electron chi connectivity index (χ2n) is 6.28. The second kappa shape index (κ2) is 7.24. The molecule has 0 aliphatic carbocycles. The molecule has 1 aromatic heterocycles. The molecule has 1 atom stereocenters. The van der Waals surface area contributed by atoms with Gasteiger partial charge in [-0.1, -0.05) is 0 Å². The summed E-state index contributed by atoms with van der Waals surface area (Å²) in [5, 5.41) is 0. The lowest BCUT2D eigenvalue weighted by molar-refractivity contribution is 0.118. The van der Waals surface area contributed by atoms with Crippen LogP contribution in [0.2, 0.25) is 0 Å². The molecule has 3 rings (SSSR count). The first-order valence-electron chi connectivity index (χ1n) is 8.19. The van der Waals surface area contributed by atoms with Gasteiger partial charge in [0.15, 0.2) is 0 Å². The van der Waals surface area contributed by atoms with Crippen molar-refractivity contribution in [3.63, 3.8) is 0 Å². The highest BCUT2D eigenvalue weighted by molar-refractivity contribution is 7.89. The zero-order valence-corrected chi connectivity index (χ0v) is 15.3. The molecule has 1 aromatic carbocycles. The van der Waals surface area contributed by atoms with Gasteiger partial charge in [0.25, 0.3) is 0 Å². The number of halogens is 2. The molecular formula is C17H19F2N3O3S. The summed E-state index contributed by atoms with van der Waals surface area (Å²) in [6.07, 6.45) is 0.768. The lowest BCUT2D eigenvalue weighted by Gasteiger charge is -2.31. The summed E-state index contributed by atoms with van der Waals surface area (Å²) < 4.78 is 59.1. The molecule has 6 nitrogen and oxygen atoms in total. The van der Waals surface area contributed by atoms with E-state index in [9.17, 15) is 17.2 Å². The van der Waals surface area contributed by atoms with E-state index < -0.39 is 32.7 Å². The molecule has 26 heavy (non-hydrogen) atoms. The predicted octanol–water partition coefficient (Wildman–Crippen LogP) is 2.60. The highest BCUT2D eigenvalue weighted by atomic mass is 32.2. The maximum atomic E-state index is 13.4. The molecule has 9 heteroatoms. The van der Waals surface area contributed by atoms with E-state index in [2.05, 4.69) is 9.97 Å². The molecule has 0 N–H and O–H groups in total. The number of hydrogen-bond donors (Lipinski definition) is 0. The normalized spacial score (nSPS) is 18.7. The zero-order valence-electron chi connectivity index (χ0n) is 14.4. The Labute approximate surface area is 150 Å². The highest BCUT2D eigenvalue weighted by Crippen LogP contribution is 2.24. The van der Waals surface area contributed by atoms with Crippen LogP contribution >= 0.6 is 0 Å². The van der Waals surface area contributed by atoms with E-state index in [4.69, 9.17) is 4.74 Å². The van der Waals surface area contributed by atoms with Crippen molar-refractivity contribution < 1.29 is 21.9 Å². The Morgan fingerprint density at radius 1 is 1.08 bits per heavy atom. The van der Waals surface area contributed by atoms with Crippen molar-refractivity contribution >= 4 is 10.0 Å². The Hall–Kier alpha value is -2.13. The number of aryl methyl sites for hydroxylation is 2. The summed E-state index contributed by atoms with van der Waals surface area (Å²) in [7, 11) is -4.02. The van der Waals surface area contributed by atoms with Crippen LogP contribution in [0.1, 0.15) is 24.2 Å². The summed E-state index contributed by atoms with van der Waals surface area (Å²) >= 11 is 0. The molecule has 0 spiro atoms. The van der Waals surface area contributed by atoms with E-state index >= 15 is 0 Å². The van der Waals surface area contributed by atoms with E-state index in [1.165, 1.54) is 4.31 Å². The van der Waals surface area contributed by atoms with Crippen molar-refractivity contribution in [2.45, 2.75) is 37.7 Å². The third-order valence-electron chi connectivity index (χ3n) is 4.05. The predicted molar refractivity (Wildman–Crippen MR) is 90.3 cm³/mol. The minimum absolute atomic E-state index is 0.0663. The van der Waals surface area contributed by atoms with Crippen molar-refractivity contribution in [2.75, 3.05) is 13.1 Å². The first kappa shape index (κ1) is 18.7. The number of ether oxygens (including phenoxy) is 1. The van der Waals surface area contributed by atoms with Gasteiger partial charge < -0.3 is 4.74 Å². The minimum Gasteiger partial charge on any atom is -0.459 e. The third kappa shape index (κ3) is 4.16. The monoisotopic (exact) mass is 383 g/mol. The molecule has 1 unspecified atom stereocenters. The van der Waals surface area contributed by atoms with Crippen LogP contribution < -0.4 is 4.74 Å². The van der Waals surface area contributed by atoms with Crippen LogP contribution in [0.5, 0.6) is 6.01 Å². The van der Waals surface area contributed by atoms with Crippen molar-refractivity contribution in [3.8, 4) is 6.01 Å². The molecule has 0 bridgehead atoms. The van der Waals surface area contributed by atoms with Gasteiger partial charge in [0.2, 0.25) is 10.0 Å². The Morgan fingerprint density at radius 3 is 2.31 bits per heavy atom. The molecule has 1 aliphatic rings. The van der Waals surface area contributed by atoms with Crippen molar-refractivity contribution in [3.05, 3.63) is 47.3 Å². The van der Waals surface area contributed by atoms with Gasteiger partial charge in [-0.2, -0.15) is 4.31 Å². The van der Waals surface area contributed by atoms with Gasteiger partial charge in [0, 0.05) is 24.0 Å². The Balaban J connectivity index is 1.79. The number of hydrogen-bond acceptors (Lipinski definition) is 5. The summed E-state index contributed by atoms with van der Waals surface area (Å²) in [6, 6.07) is 4.27. The van der Waals surface area contributed by atoms with Crippen LogP contribution in [0.15, 0.2) is 29.2 Å². The molecule has 2 heterocycles. The number of aromatic nitrogens is 2. The van der Waals surface area contributed by atoms with Gasteiger partial charge in [-0.05, 0) is 44.9 Å². The van der Waals surface area contributed by atoms with Gasteiger partial charge in [-0.3, -0.25) is 0 Å². The molecule has 0 saturated carbocycles. The number of piperidine rings is 1. The molecule has 0 radical (unpaired) electrons. The van der Waals surface area contributed by atoms with Crippen LogP contribution in [-0.4, -0.2) is 41.9 Å². The number of sulfonamides is 1. The third-order valence-corrected chi connectivity index (χ3v) is 5.89. The van der Waals surface area contributed by atoms with E-state index in [0.29, 0.717) is 18.9 Å². The standard InChI is InChI=1S/C17H19F2N3O3S/c1-11-6-12(2)21-17(20-11)25-15-4-3-5-22(10-15)26(23,24)16-8-13(18)7-14(19)9-16/h6-9,15H,3-5,10H2,1-2H3. The van der Waals surface area contributed by atoms with Gasteiger partial charge in [0.05, 0.1) is 11.4 Å². The first-order chi connectivity index (χ1) is 12.2. The molecule has 1 saturated heterocycles. The Kier molecular flexibility index (Phi) is 5.19. The number of nitrogens with zero attached hydrogens (tertiary/aromatic N) is 3. The minimum atomic E-state index is -4.02. The van der Waals surface area contributed by atoms with Crippen LogP contribution in [0.25, 0.3) is 0 Å². The Morgan fingerprint density at radius 2 is 1.69 bits per heavy atom. The molecule has 1 aliphatic heterocycles. The van der Waals surface area contributed by atoms with E-state index in [1.54, 1.807) is 0 Å². The summed E-state index contributed by atoms with van der Waals surface area (Å²) in [4.78, 5) is 7.99. The van der Waals surface area contributed by atoms with Gasteiger partial charge in [0.1, 0.15) is 17.7 Å². The van der Waals surface area contributed by atoms with Crippen LogP contribution in [0.4, 0.5) is 8.78 Å². The van der Waals surface area contributed by atoms with Crippen molar-refractivity contribution in [2.24, 2.45) is 0 Å². The first-order valence-corrected chi connectivity index (χ1v) is 9.63. The van der Waals surface area contributed by atoms with Crippen LogP contribution in [0, 0.1) is 25.5 Å². The fraction of sp³-hybridized carbons (Fsp3) is 0.412. The summed E-state index contributed by atoms with van der Waals surface area (Å²) in [6.45, 7) is 3.96. The van der Waals surface area contributed by atoms with Gasteiger partial charge >= 0.3 is 6.01 Å². The fourth-order valence-electron chi connectivity index (χ4n) is 2.94. The SMILES string of the molecule is Cc1cc(C)nc(OC2CCCN(S(=O)(=O)c3cc(F)cc(F)c3)C2)n1. The number of benzene rings is 1. The van der Waals surface area contributed by atoms with Crippen molar-refractivity contribution in [1.82, 2.24) is 14.3 Å². The van der Waals surface area contributed by atoms with Gasteiger partial charge in [-0.25, -0.2) is 27.2 Å². The largest absolute Gasteiger partial charge is 0.459 e. The quantitative estimate of drug-likeness (QED) is 0.812. The summed E-state index contributed by atoms with van der Waals surface area (Å²) in [5.41, 5.74) is 1.51. The van der Waals surface area contributed by atoms with E-state index in [1.807, 2.05) is 19.9 Å². The van der Waals surface area contributed by atoms with Gasteiger partial charge in [-0.15, -0.1) is 0 Å². The topological polar surface area (TPSA) is 72.4 Å². The average molecular weight is 383 g/mol. The fourth-order valence-corrected chi connectivity index (χ4v) is 4.49. The van der Waals surface area contributed by atoms with E-state index in [0.717, 1.165) is 23.5 Å².